The van der Waals surface area contributed by atoms with Crippen molar-refractivity contribution in [2.24, 2.45) is 0 Å². The minimum absolute atomic E-state index is 0.317. The first-order chi connectivity index (χ1) is 16.7. The van der Waals surface area contributed by atoms with Gasteiger partial charge in [-0.25, -0.2) is 9.97 Å². The zero-order valence-electron chi connectivity index (χ0n) is 20.8. The van der Waals surface area contributed by atoms with Crippen molar-refractivity contribution in [3.05, 3.63) is 36.4 Å². The van der Waals surface area contributed by atoms with Crippen LogP contribution in [0.15, 0.2) is 30.9 Å². The topological polar surface area (TPSA) is 118 Å². The lowest BCUT2D eigenvalue weighted by molar-refractivity contribution is 0.0962. The highest BCUT2D eigenvalue weighted by Gasteiger charge is 2.10. The minimum atomic E-state index is -0.317. The summed E-state index contributed by atoms with van der Waals surface area (Å²) in [6, 6.07) is 3.38. The maximum Gasteiger partial charge on any atom is 0.271 e. The van der Waals surface area contributed by atoms with E-state index in [1.807, 2.05) is 0 Å². The van der Waals surface area contributed by atoms with E-state index in [1.165, 1.54) is 96.0 Å². The highest BCUT2D eigenvalue weighted by atomic mass is 16.2. The van der Waals surface area contributed by atoms with Crippen molar-refractivity contribution >= 4 is 23.2 Å². The third-order valence-electron chi connectivity index (χ3n) is 5.92. The SMILES string of the molecule is CCCCCCCCCCCCCCCCNc1ncnc(NNC(=O)c2cccnc2)c1N. The minimum Gasteiger partial charge on any atom is -0.393 e. The first-order valence-electron chi connectivity index (χ1n) is 13.0. The summed E-state index contributed by atoms with van der Waals surface area (Å²) in [4.78, 5) is 24.4. The van der Waals surface area contributed by atoms with Crippen LogP contribution < -0.4 is 21.9 Å². The van der Waals surface area contributed by atoms with Crippen LogP contribution in [0.3, 0.4) is 0 Å². The van der Waals surface area contributed by atoms with E-state index in [9.17, 15) is 4.79 Å². The number of nitrogens with two attached hydrogens (primary N) is 1. The van der Waals surface area contributed by atoms with Gasteiger partial charge in [0.05, 0.1) is 5.56 Å². The summed E-state index contributed by atoms with van der Waals surface area (Å²) >= 11 is 0. The Hall–Kier alpha value is -2.90. The van der Waals surface area contributed by atoms with Crippen molar-refractivity contribution in [1.29, 1.82) is 0 Å². The molecule has 8 heteroatoms. The number of hydrazine groups is 1. The number of pyridine rings is 1. The number of amides is 1. The average molecular weight is 470 g/mol. The van der Waals surface area contributed by atoms with Crippen LogP contribution >= 0.6 is 0 Å². The van der Waals surface area contributed by atoms with Crippen LogP contribution in [-0.4, -0.2) is 27.4 Å². The molecule has 0 aliphatic rings. The number of nitrogens with one attached hydrogen (secondary N) is 3. The van der Waals surface area contributed by atoms with Gasteiger partial charge < -0.3 is 11.1 Å². The maximum atomic E-state index is 12.1. The molecule has 2 aromatic heterocycles. The van der Waals surface area contributed by atoms with E-state index in [0.717, 1.165) is 13.0 Å². The Morgan fingerprint density at radius 2 is 1.44 bits per heavy atom. The number of aromatic nitrogens is 3. The Kier molecular flexibility index (Phi) is 14.1. The monoisotopic (exact) mass is 469 g/mol. The van der Waals surface area contributed by atoms with E-state index < -0.39 is 0 Å². The summed E-state index contributed by atoms with van der Waals surface area (Å²) < 4.78 is 0. The van der Waals surface area contributed by atoms with Gasteiger partial charge in [0.1, 0.15) is 12.0 Å². The third-order valence-corrected chi connectivity index (χ3v) is 5.92. The van der Waals surface area contributed by atoms with Crippen LogP contribution in [0.4, 0.5) is 17.3 Å². The van der Waals surface area contributed by atoms with Gasteiger partial charge in [0.25, 0.3) is 5.91 Å². The van der Waals surface area contributed by atoms with Gasteiger partial charge in [-0.05, 0) is 18.6 Å². The normalized spacial score (nSPS) is 10.7. The molecule has 0 saturated heterocycles. The van der Waals surface area contributed by atoms with Gasteiger partial charge in [0.15, 0.2) is 11.6 Å². The molecule has 0 saturated carbocycles. The van der Waals surface area contributed by atoms with E-state index in [2.05, 4.69) is 38.0 Å². The molecular formula is C26H43N7O. The lowest BCUT2D eigenvalue weighted by atomic mass is 10.0. The van der Waals surface area contributed by atoms with Gasteiger partial charge in [0.2, 0.25) is 0 Å². The number of hydrogen-bond acceptors (Lipinski definition) is 7. The molecular weight excluding hydrogens is 426 g/mol. The van der Waals surface area contributed by atoms with E-state index in [1.54, 1.807) is 18.3 Å². The van der Waals surface area contributed by atoms with Crippen LogP contribution in [0, 0.1) is 0 Å². The second kappa shape index (κ2) is 17.6. The Bertz CT molecular complexity index is 801. The van der Waals surface area contributed by atoms with Crippen LogP contribution in [0.5, 0.6) is 0 Å². The fourth-order valence-corrected chi connectivity index (χ4v) is 3.85. The second-order valence-electron chi connectivity index (χ2n) is 8.83. The van der Waals surface area contributed by atoms with Crippen LogP contribution in [0.2, 0.25) is 0 Å². The fraction of sp³-hybridized carbons (Fsp3) is 0.615. The van der Waals surface area contributed by atoms with Gasteiger partial charge >= 0.3 is 0 Å². The maximum absolute atomic E-state index is 12.1. The standard InChI is InChI=1S/C26H43N7O/c1-2-3-4-5-6-7-8-9-10-11-12-13-14-15-19-29-24-23(27)25(31-21-30-24)32-33-26(34)22-17-16-18-28-20-22/h16-18,20-21H,2-15,19,27H2,1H3,(H,33,34)(H2,29,30,31,32). The molecule has 0 aliphatic carbocycles. The molecule has 0 bridgehead atoms. The first-order valence-corrected chi connectivity index (χ1v) is 13.0. The van der Waals surface area contributed by atoms with E-state index in [0.29, 0.717) is 22.9 Å². The average Bonchev–Trinajstić information content (AvgIpc) is 2.87. The molecule has 0 aliphatic heterocycles. The van der Waals surface area contributed by atoms with Gasteiger partial charge in [-0.15, -0.1) is 0 Å². The molecule has 2 heterocycles. The Balaban J connectivity index is 1.51. The molecule has 0 spiro atoms. The van der Waals surface area contributed by atoms with Gasteiger partial charge in [-0.3, -0.25) is 20.6 Å². The molecule has 2 rings (SSSR count). The lowest BCUT2D eigenvalue weighted by Crippen LogP contribution is -2.30. The van der Waals surface area contributed by atoms with Crippen molar-refractivity contribution in [2.45, 2.75) is 96.8 Å². The fourth-order valence-electron chi connectivity index (χ4n) is 3.85. The van der Waals surface area contributed by atoms with Crippen molar-refractivity contribution < 1.29 is 4.79 Å². The predicted molar refractivity (Wildman–Crippen MR) is 141 cm³/mol. The largest absolute Gasteiger partial charge is 0.393 e. The Labute approximate surface area is 204 Å². The third kappa shape index (κ3) is 11.3. The van der Waals surface area contributed by atoms with Crippen molar-refractivity contribution in [1.82, 2.24) is 20.4 Å². The summed E-state index contributed by atoms with van der Waals surface area (Å²) in [6.45, 7) is 3.08. The zero-order chi connectivity index (χ0) is 24.3. The molecule has 5 N–H and O–H groups in total. The van der Waals surface area contributed by atoms with E-state index in [4.69, 9.17) is 5.73 Å². The number of carbonyl (C=O) groups excluding carboxylic acids is 1. The molecule has 2 aromatic rings. The van der Waals surface area contributed by atoms with Crippen LogP contribution in [-0.2, 0) is 0 Å². The summed E-state index contributed by atoms with van der Waals surface area (Å²) in [5, 5.41) is 3.28. The summed E-state index contributed by atoms with van der Waals surface area (Å²) in [5.41, 5.74) is 12.3. The summed E-state index contributed by atoms with van der Waals surface area (Å²) in [5.74, 6) is 0.613. The number of rotatable bonds is 19. The van der Waals surface area contributed by atoms with Crippen LogP contribution in [0.1, 0.15) is 107 Å². The van der Waals surface area contributed by atoms with E-state index >= 15 is 0 Å². The molecule has 188 valence electrons. The number of anilines is 3. The second-order valence-corrected chi connectivity index (χ2v) is 8.83. The zero-order valence-corrected chi connectivity index (χ0v) is 20.8. The summed E-state index contributed by atoms with van der Waals surface area (Å²) in [6.07, 6.45) is 23.3. The molecule has 0 aromatic carbocycles. The summed E-state index contributed by atoms with van der Waals surface area (Å²) in [7, 11) is 0. The van der Waals surface area contributed by atoms with Gasteiger partial charge in [-0.1, -0.05) is 90.4 Å². The first kappa shape index (κ1) is 27.3. The molecule has 0 fully saturated rings. The van der Waals surface area contributed by atoms with Crippen molar-refractivity contribution in [3.8, 4) is 0 Å². The van der Waals surface area contributed by atoms with Gasteiger partial charge in [-0.2, -0.15) is 0 Å². The lowest BCUT2D eigenvalue weighted by Gasteiger charge is -2.13. The number of nitrogens with zero attached hydrogens (tertiary/aromatic N) is 3. The van der Waals surface area contributed by atoms with E-state index in [-0.39, 0.29) is 5.91 Å². The molecule has 0 radical (unpaired) electrons. The highest BCUT2D eigenvalue weighted by molar-refractivity contribution is 5.94. The number of nitrogen functional groups attached to an aromatic ring is 1. The highest BCUT2D eigenvalue weighted by Crippen LogP contribution is 2.22. The molecule has 1 amide bonds. The molecule has 0 unspecified atom stereocenters. The molecule has 8 nitrogen and oxygen atoms in total. The Morgan fingerprint density at radius 3 is 2.03 bits per heavy atom. The van der Waals surface area contributed by atoms with Gasteiger partial charge in [0, 0.05) is 18.9 Å². The van der Waals surface area contributed by atoms with Crippen LogP contribution in [0.25, 0.3) is 0 Å². The molecule has 0 atom stereocenters. The molecule has 34 heavy (non-hydrogen) atoms. The Morgan fingerprint density at radius 1 is 0.853 bits per heavy atom. The number of carbonyl (C=O) groups is 1. The quantitative estimate of drug-likeness (QED) is 0.145. The predicted octanol–water partition coefficient (Wildman–Crippen LogP) is 6.10. The smallest absolute Gasteiger partial charge is 0.271 e. The van der Waals surface area contributed by atoms with Crippen molar-refractivity contribution in [3.63, 3.8) is 0 Å². The van der Waals surface area contributed by atoms with Crippen molar-refractivity contribution in [2.75, 3.05) is 23.0 Å². The number of hydrogen-bond donors (Lipinski definition) is 4. The number of unbranched alkanes of at least 4 members (excludes halogenated alkanes) is 13.